The Morgan fingerprint density at radius 3 is 2.07 bits per heavy atom. The van der Waals surface area contributed by atoms with Crippen LogP contribution < -0.4 is 19.9 Å². The fourth-order valence-electron chi connectivity index (χ4n) is 4.87. The van der Waals surface area contributed by atoms with Crippen molar-refractivity contribution in [2.24, 2.45) is 7.05 Å². The Morgan fingerprint density at radius 2 is 1.54 bits per heavy atom. The van der Waals surface area contributed by atoms with Crippen molar-refractivity contribution in [3.05, 3.63) is 84.6 Å². The summed E-state index contributed by atoms with van der Waals surface area (Å²) >= 11 is 0. The molecule has 0 fully saturated rings. The highest BCUT2D eigenvalue weighted by molar-refractivity contribution is 7.90. The van der Waals surface area contributed by atoms with Crippen molar-refractivity contribution < 1.29 is 45.8 Å². The summed E-state index contributed by atoms with van der Waals surface area (Å²) in [6, 6.07) is 21.9. The molecule has 1 atom stereocenters. The van der Waals surface area contributed by atoms with Gasteiger partial charge in [-0.15, -0.1) is 0 Å². The van der Waals surface area contributed by atoms with Gasteiger partial charge in [0.25, 0.3) is 0 Å². The number of carboxylic acid groups (broad SMARTS) is 1. The molecule has 0 saturated heterocycles. The molecule has 0 aliphatic heterocycles. The minimum absolute atomic E-state index is 0.381. The number of halogens is 3. The molecule has 2 heterocycles. The number of nitrogens with zero attached hydrogens (tertiary/aromatic N) is 6. The molecule has 1 amide bonds. The van der Waals surface area contributed by atoms with Crippen LogP contribution in [0.1, 0.15) is 38.5 Å². The number of carbonyl (C=O) groups excluding carboxylic acids is 1. The number of fused-ring (bicyclic) bond motifs is 1. The molecule has 0 aliphatic rings. The molecule has 288 valence electrons. The van der Waals surface area contributed by atoms with E-state index in [4.69, 9.17) is 24.4 Å². The van der Waals surface area contributed by atoms with Gasteiger partial charge >= 0.3 is 18.2 Å². The Kier molecular flexibility index (Phi) is 12.1. The summed E-state index contributed by atoms with van der Waals surface area (Å²) in [7, 11) is 2.13. The Hall–Kier alpha value is -5.91. The van der Waals surface area contributed by atoms with Gasteiger partial charge in [0.1, 0.15) is 17.2 Å². The van der Waals surface area contributed by atoms with E-state index in [1.165, 1.54) is 11.2 Å². The topological polar surface area (TPSA) is 169 Å². The largest absolute Gasteiger partial charge is 0.497 e. The zero-order chi connectivity index (χ0) is 40.2. The van der Waals surface area contributed by atoms with Gasteiger partial charge in [-0.05, 0) is 93.9 Å². The van der Waals surface area contributed by atoms with Gasteiger partial charge in [-0.2, -0.15) is 18.2 Å². The predicted molar refractivity (Wildman–Crippen MR) is 199 cm³/mol. The highest BCUT2D eigenvalue weighted by atomic mass is 32.2. The normalized spacial score (nSPS) is 12.3. The van der Waals surface area contributed by atoms with Crippen molar-refractivity contribution in [2.45, 2.75) is 44.7 Å². The quantitative estimate of drug-likeness (QED) is 0.150. The second kappa shape index (κ2) is 16.0. The van der Waals surface area contributed by atoms with Gasteiger partial charge in [0.15, 0.2) is 9.84 Å². The molecule has 0 saturated carbocycles. The molecule has 0 aliphatic carbocycles. The average molecular weight is 772 g/mol. The number of imidazole rings is 1. The van der Waals surface area contributed by atoms with Gasteiger partial charge in [0.2, 0.25) is 11.9 Å². The second-order valence-corrected chi connectivity index (χ2v) is 15.3. The molecule has 5 aromatic rings. The van der Waals surface area contributed by atoms with Crippen LogP contribution in [0, 0.1) is 0 Å². The number of nitrogens with one attached hydrogen (secondary N) is 1. The van der Waals surface area contributed by atoms with Crippen LogP contribution in [0.2, 0.25) is 0 Å². The third-order valence-electron chi connectivity index (χ3n) is 7.84. The van der Waals surface area contributed by atoms with Crippen molar-refractivity contribution in [3.8, 4) is 5.75 Å². The highest BCUT2D eigenvalue weighted by Gasteiger charge is 2.38. The monoisotopic (exact) mass is 771 g/mol. The zero-order valence-corrected chi connectivity index (χ0v) is 31.5. The maximum absolute atomic E-state index is 13.5. The van der Waals surface area contributed by atoms with Crippen LogP contribution in [0.4, 0.5) is 52.7 Å². The SMILES string of the molecule is COc1ccc(N(C(=O)OC(C)(C)C)c2nc3cc(N(C)c4ccnc(Nc5ccc(C(C)S(C)(=O)=O)cc5)n4)ccc3n2C)cc1.O=C(O)C(F)(F)F. The molecule has 2 aromatic heterocycles. The lowest BCUT2D eigenvalue weighted by Gasteiger charge is -2.26. The summed E-state index contributed by atoms with van der Waals surface area (Å²) in [6.07, 6.45) is -2.75. The van der Waals surface area contributed by atoms with Gasteiger partial charge in [0, 0.05) is 37.9 Å². The zero-order valence-electron chi connectivity index (χ0n) is 30.7. The molecule has 0 radical (unpaired) electrons. The lowest BCUT2D eigenvalue weighted by Crippen LogP contribution is -2.35. The number of benzene rings is 3. The number of alkyl halides is 3. The molecule has 2 N–H and O–H groups in total. The molecule has 0 spiro atoms. The van der Waals surface area contributed by atoms with Gasteiger partial charge in [-0.25, -0.2) is 32.9 Å². The number of ether oxygens (including phenoxy) is 2. The Morgan fingerprint density at radius 1 is 0.944 bits per heavy atom. The van der Waals surface area contributed by atoms with E-state index in [0.29, 0.717) is 40.2 Å². The molecular weight excluding hydrogens is 731 g/mol. The third-order valence-corrected chi connectivity index (χ3v) is 9.40. The minimum Gasteiger partial charge on any atom is -0.497 e. The molecule has 14 nitrogen and oxygen atoms in total. The van der Waals surface area contributed by atoms with E-state index in [-0.39, 0.29) is 0 Å². The number of aromatic nitrogens is 4. The maximum atomic E-state index is 13.5. The third kappa shape index (κ3) is 10.1. The number of carbonyl (C=O) groups is 2. The van der Waals surface area contributed by atoms with E-state index >= 15 is 0 Å². The summed E-state index contributed by atoms with van der Waals surface area (Å²) in [5.41, 5.74) is 3.60. The van der Waals surface area contributed by atoms with Crippen LogP contribution in [-0.2, 0) is 26.4 Å². The number of methoxy groups -OCH3 is 1. The lowest BCUT2D eigenvalue weighted by molar-refractivity contribution is -0.192. The fourth-order valence-corrected chi connectivity index (χ4v) is 5.52. The molecule has 18 heteroatoms. The predicted octanol–water partition coefficient (Wildman–Crippen LogP) is 7.70. The van der Waals surface area contributed by atoms with E-state index in [1.807, 2.05) is 62.5 Å². The summed E-state index contributed by atoms with van der Waals surface area (Å²) in [4.78, 5) is 39.7. The number of hydrogen-bond donors (Lipinski definition) is 2. The van der Waals surface area contributed by atoms with Crippen molar-refractivity contribution >= 4 is 67.7 Å². The van der Waals surface area contributed by atoms with Gasteiger partial charge in [-0.1, -0.05) is 12.1 Å². The van der Waals surface area contributed by atoms with E-state index in [1.54, 1.807) is 74.8 Å². The van der Waals surface area contributed by atoms with E-state index < -0.39 is 38.9 Å². The second-order valence-electron chi connectivity index (χ2n) is 13.0. The summed E-state index contributed by atoms with van der Waals surface area (Å²) in [5.74, 6) is -0.686. The van der Waals surface area contributed by atoms with E-state index in [9.17, 15) is 26.4 Å². The first-order valence-electron chi connectivity index (χ1n) is 16.2. The van der Waals surface area contributed by atoms with E-state index in [2.05, 4.69) is 15.3 Å². The number of hydrogen-bond acceptors (Lipinski definition) is 11. The van der Waals surface area contributed by atoms with Crippen molar-refractivity contribution in [1.29, 1.82) is 0 Å². The van der Waals surface area contributed by atoms with Crippen LogP contribution >= 0.6 is 0 Å². The molecule has 5 rings (SSSR count). The number of aryl methyl sites for hydroxylation is 1. The molecule has 0 bridgehead atoms. The van der Waals surface area contributed by atoms with Gasteiger partial charge < -0.3 is 29.4 Å². The van der Waals surface area contributed by atoms with Crippen LogP contribution in [0.3, 0.4) is 0 Å². The van der Waals surface area contributed by atoms with E-state index in [0.717, 1.165) is 16.9 Å². The molecule has 1 unspecified atom stereocenters. The first kappa shape index (κ1) is 40.9. The lowest BCUT2D eigenvalue weighted by atomic mass is 10.1. The maximum Gasteiger partial charge on any atom is 0.490 e. The Bertz CT molecular complexity index is 2220. The summed E-state index contributed by atoms with van der Waals surface area (Å²) < 4.78 is 68.5. The van der Waals surface area contributed by atoms with Gasteiger partial charge in [-0.3, -0.25) is 0 Å². The number of aliphatic carboxylic acids is 1. The van der Waals surface area contributed by atoms with Crippen molar-refractivity contribution in [2.75, 3.05) is 35.5 Å². The van der Waals surface area contributed by atoms with Crippen LogP contribution in [0.15, 0.2) is 79.0 Å². The van der Waals surface area contributed by atoms with Crippen LogP contribution in [-0.4, -0.2) is 77.3 Å². The van der Waals surface area contributed by atoms with Gasteiger partial charge in [0.05, 0.1) is 29.1 Å². The average Bonchev–Trinajstić information content (AvgIpc) is 3.41. The fraction of sp³-hybridized carbons (Fsp3) is 0.306. The number of rotatable bonds is 9. The smallest absolute Gasteiger partial charge is 0.490 e. The molecule has 3 aromatic carbocycles. The Balaban J connectivity index is 0.000000845. The number of sulfone groups is 1. The summed E-state index contributed by atoms with van der Waals surface area (Å²) in [5, 5.41) is 9.71. The van der Waals surface area contributed by atoms with Crippen molar-refractivity contribution in [3.63, 3.8) is 0 Å². The van der Waals surface area contributed by atoms with Crippen LogP contribution in [0.5, 0.6) is 5.75 Å². The first-order chi connectivity index (χ1) is 25.1. The first-order valence-corrected chi connectivity index (χ1v) is 18.1. The highest BCUT2D eigenvalue weighted by Crippen LogP contribution is 2.33. The minimum atomic E-state index is -5.08. The Labute approximate surface area is 310 Å². The number of anilines is 6. The molecular formula is C36H40F3N7O7S. The standard InChI is InChI=1S/C34H39N7O5S.C2HF3O2/c1-22(47(8,43)44)23-9-11-24(12-10-23)36-31-35-20-19-30(38-31)39(5)26-15-18-29-28(21-26)37-32(40(29)6)41(33(42)46-34(2,3)4)25-13-16-27(45-7)17-14-25;3-2(4,5)1(6)7/h9-22H,1-8H3,(H,35,36,38);(H,6,7). The number of amides is 1. The summed E-state index contributed by atoms with van der Waals surface area (Å²) in [6.45, 7) is 7.13. The number of carboxylic acids is 1. The van der Waals surface area contributed by atoms with Crippen molar-refractivity contribution in [1.82, 2.24) is 19.5 Å². The molecule has 54 heavy (non-hydrogen) atoms. The van der Waals surface area contributed by atoms with Crippen LogP contribution in [0.25, 0.3) is 11.0 Å².